The van der Waals surface area contributed by atoms with E-state index < -0.39 is 29.6 Å². The van der Waals surface area contributed by atoms with Gasteiger partial charge in [-0.15, -0.1) is 11.8 Å². The summed E-state index contributed by atoms with van der Waals surface area (Å²) >= 11 is 1.27. The monoisotopic (exact) mass is 461 g/mol. The van der Waals surface area contributed by atoms with Gasteiger partial charge in [-0.25, -0.2) is 9.59 Å². The number of carbonyl (C=O) groups is 4. The van der Waals surface area contributed by atoms with Crippen molar-refractivity contribution in [3.8, 4) is 0 Å². The fourth-order valence-corrected chi connectivity index (χ4v) is 5.29. The van der Waals surface area contributed by atoms with Crippen LogP contribution in [0.5, 0.6) is 0 Å². The number of urea groups is 1. The largest absolute Gasteiger partial charge is 0.449 e. The van der Waals surface area contributed by atoms with E-state index in [1.807, 2.05) is 11.8 Å². The third-order valence-corrected chi connectivity index (χ3v) is 7.40. The number of amides is 4. The zero-order chi connectivity index (χ0) is 23.3. The number of nitrogens with zero attached hydrogens (tertiary/aromatic N) is 1. The van der Waals surface area contributed by atoms with E-state index in [4.69, 9.17) is 4.74 Å². The maximum absolute atomic E-state index is 13.0. The highest BCUT2D eigenvalue weighted by molar-refractivity contribution is 7.99. The highest BCUT2D eigenvalue weighted by Gasteiger charge is 2.42. The van der Waals surface area contributed by atoms with Crippen molar-refractivity contribution in [2.24, 2.45) is 0 Å². The highest BCUT2D eigenvalue weighted by atomic mass is 32.2. The second-order valence-corrected chi connectivity index (χ2v) is 9.51. The lowest BCUT2D eigenvalue weighted by Gasteiger charge is -2.35. The Hall–Kier alpha value is -2.55. The predicted molar refractivity (Wildman–Crippen MR) is 121 cm³/mol. The molecule has 1 aliphatic carbocycles. The number of nitrogens with one attached hydrogen (secondary N) is 2. The van der Waals surface area contributed by atoms with Crippen LogP contribution in [0.3, 0.4) is 0 Å². The van der Waals surface area contributed by atoms with Crippen LogP contribution in [0.4, 0.5) is 4.79 Å². The Kier molecular flexibility index (Phi) is 7.82. The summed E-state index contributed by atoms with van der Waals surface area (Å²) < 4.78 is 5.56. The van der Waals surface area contributed by atoms with Gasteiger partial charge in [-0.05, 0) is 45.7 Å². The molecule has 1 aromatic rings. The summed E-state index contributed by atoms with van der Waals surface area (Å²) in [5.41, 5.74) is -0.741. The van der Waals surface area contributed by atoms with Gasteiger partial charge in [-0.1, -0.05) is 31.4 Å². The van der Waals surface area contributed by atoms with Gasteiger partial charge < -0.3 is 15.0 Å². The van der Waals surface area contributed by atoms with Gasteiger partial charge in [0.1, 0.15) is 5.54 Å². The van der Waals surface area contributed by atoms with Gasteiger partial charge >= 0.3 is 12.0 Å². The summed E-state index contributed by atoms with van der Waals surface area (Å²) in [6.45, 7) is 5.78. The van der Waals surface area contributed by atoms with Gasteiger partial charge in [0.05, 0.1) is 5.56 Å². The Bertz CT molecular complexity index is 886. The van der Waals surface area contributed by atoms with Crippen molar-refractivity contribution in [1.82, 2.24) is 15.5 Å². The van der Waals surface area contributed by atoms with Crippen LogP contribution in [0.2, 0.25) is 0 Å². The fourth-order valence-electron chi connectivity index (χ4n) is 4.16. The summed E-state index contributed by atoms with van der Waals surface area (Å²) in [5, 5.41) is 4.84. The van der Waals surface area contributed by atoms with Crippen LogP contribution >= 0.6 is 11.8 Å². The lowest BCUT2D eigenvalue weighted by molar-refractivity contribution is -0.142. The highest BCUT2D eigenvalue weighted by Crippen LogP contribution is 2.29. The number of hydrogen-bond acceptors (Lipinski definition) is 6. The van der Waals surface area contributed by atoms with E-state index in [1.165, 1.54) is 18.2 Å². The average molecular weight is 462 g/mol. The summed E-state index contributed by atoms with van der Waals surface area (Å²) in [6, 6.07) is 6.57. The number of imide groups is 1. The van der Waals surface area contributed by atoms with E-state index in [-0.39, 0.29) is 17.7 Å². The molecule has 2 aliphatic rings. The molecule has 174 valence electrons. The molecule has 0 radical (unpaired) electrons. The molecular weight excluding hydrogens is 430 g/mol. The molecule has 32 heavy (non-hydrogen) atoms. The summed E-state index contributed by atoms with van der Waals surface area (Å²) in [7, 11) is 0. The lowest BCUT2D eigenvalue weighted by Crippen LogP contribution is -2.46. The van der Waals surface area contributed by atoms with Crippen LogP contribution in [0, 0.1) is 0 Å². The van der Waals surface area contributed by atoms with E-state index in [9.17, 15) is 19.2 Å². The van der Waals surface area contributed by atoms with E-state index >= 15 is 0 Å². The number of rotatable bonds is 8. The van der Waals surface area contributed by atoms with Crippen molar-refractivity contribution < 1.29 is 23.9 Å². The van der Waals surface area contributed by atoms with Crippen molar-refractivity contribution in [2.75, 3.05) is 12.3 Å². The van der Waals surface area contributed by atoms with E-state index in [2.05, 4.69) is 10.6 Å². The topological polar surface area (TPSA) is 105 Å². The quantitative estimate of drug-likeness (QED) is 0.350. The van der Waals surface area contributed by atoms with E-state index in [0.29, 0.717) is 17.0 Å². The number of ether oxygens (including phenoxy) is 1. The smallest absolute Gasteiger partial charge is 0.340 e. The standard InChI is InChI=1S/C23H31N3O5S/c1-4-26(16-10-6-5-7-11-16)19(27)15(2)31-20(28)17-12-8-9-13-18(17)32-14-23(3)21(29)24-22(30)25-23/h8-9,12-13,15-16H,4-7,10-11,14H2,1-3H3,(H2,24,25,29,30). The van der Waals surface area contributed by atoms with Crippen LogP contribution < -0.4 is 10.6 Å². The molecule has 8 nitrogen and oxygen atoms in total. The molecule has 2 fully saturated rings. The van der Waals surface area contributed by atoms with E-state index in [0.717, 1.165) is 25.7 Å². The molecule has 1 aromatic carbocycles. The first-order chi connectivity index (χ1) is 15.2. The van der Waals surface area contributed by atoms with Crippen LogP contribution in [0.15, 0.2) is 29.2 Å². The second-order valence-electron chi connectivity index (χ2n) is 8.49. The maximum Gasteiger partial charge on any atom is 0.340 e. The van der Waals surface area contributed by atoms with Gasteiger partial charge in [0.25, 0.3) is 11.8 Å². The number of carbonyl (C=O) groups excluding carboxylic acids is 4. The summed E-state index contributed by atoms with van der Waals surface area (Å²) in [5.74, 6) is -0.916. The second kappa shape index (κ2) is 10.4. The summed E-state index contributed by atoms with van der Waals surface area (Å²) in [4.78, 5) is 51.9. The van der Waals surface area contributed by atoms with Crippen molar-refractivity contribution in [3.63, 3.8) is 0 Å². The van der Waals surface area contributed by atoms with Gasteiger partial charge in [-0.3, -0.25) is 14.9 Å². The number of hydrogen-bond donors (Lipinski definition) is 2. The Morgan fingerprint density at radius 2 is 1.91 bits per heavy atom. The minimum atomic E-state index is -1.07. The number of esters is 1. The zero-order valence-corrected chi connectivity index (χ0v) is 19.6. The zero-order valence-electron chi connectivity index (χ0n) is 18.8. The third kappa shape index (κ3) is 5.43. The van der Waals surface area contributed by atoms with Crippen LogP contribution in [-0.4, -0.2) is 58.7 Å². The molecule has 0 bridgehead atoms. The average Bonchev–Trinajstić information content (AvgIpc) is 3.05. The van der Waals surface area contributed by atoms with Gasteiger partial charge in [-0.2, -0.15) is 0 Å². The van der Waals surface area contributed by atoms with Gasteiger partial charge in [0.2, 0.25) is 0 Å². The number of likely N-dealkylation sites (N-methyl/N-ethyl adjacent to an activating group) is 1. The minimum Gasteiger partial charge on any atom is -0.449 e. The molecule has 2 N–H and O–H groups in total. The summed E-state index contributed by atoms with van der Waals surface area (Å²) in [6.07, 6.45) is 4.52. The van der Waals surface area contributed by atoms with Crippen LogP contribution in [0.1, 0.15) is 63.2 Å². The fraction of sp³-hybridized carbons (Fsp3) is 0.565. The Morgan fingerprint density at radius 3 is 2.53 bits per heavy atom. The molecule has 4 amide bonds. The van der Waals surface area contributed by atoms with E-state index in [1.54, 1.807) is 38.1 Å². The molecule has 3 rings (SSSR count). The molecule has 0 aromatic heterocycles. The SMILES string of the molecule is CCN(C(=O)C(C)OC(=O)c1ccccc1SCC1(C)NC(=O)NC1=O)C1CCCCC1. The maximum atomic E-state index is 13.0. The first-order valence-electron chi connectivity index (χ1n) is 11.1. The van der Waals surface area contributed by atoms with Crippen molar-refractivity contribution in [3.05, 3.63) is 29.8 Å². The third-order valence-electron chi connectivity index (χ3n) is 6.01. The minimum absolute atomic E-state index is 0.171. The van der Waals surface area contributed by atoms with Crippen molar-refractivity contribution in [2.45, 2.75) is 75.5 Å². The molecule has 1 saturated carbocycles. The molecule has 2 atom stereocenters. The molecule has 1 saturated heterocycles. The number of thioether (sulfide) groups is 1. The molecule has 1 heterocycles. The molecule has 2 unspecified atom stereocenters. The first kappa shape index (κ1) is 24.1. The molecule has 1 aliphatic heterocycles. The first-order valence-corrected chi connectivity index (χ1v) is 12.1. The predicted octanol–water partition coefficient (Wildman–Crippen LogP) is 3.10. The van der Waals surface area contributed by atoms with Crippen LogP contribution in [-0.2, 0) is 14.3 Å². The van der Waals surface area contributed by atoms with Crippen molar-refractivity contribution in [1.29, 1.82) is 0 Å². The molecular formula is C23H31N3O5S. The van der Waals surface area contributed by atoms with Gasteiger partial charge in [0.15, 0.2) is 6.10 Å². The molecule has 0 spiro atoms. The van der Waals surface area contributed by atoms with Crippen LogP contribution in [0.25, 0.3) is 0 Å². The number of benzene rings is 1. The Morgan fingerprint density at radius 1 is 1.22 bits per heavy atom. The Labute approximate surface area is 192 Å². The molecule has 9 heteroatoms. The van der Waals surface area contributed by atoms with Crippen molar-refractivity contribution >= 4 is 35.6 Å². The normalized spacial score (nSPS) is 22.1. The van der Waals surface area contributed by atoms with Gasteiger partial charge in [0, 0.05) is 23.2 Å². The Balaban J connectivity index is 1.65. The lowest BCUT2D eigenvalue weighted by atomic mass is 9.94.